The smallest absolute Gasteiger partial charge is 0.188 e. The second-order valence-electron chi connectivity index (χ2n) is 3.28. The van der Waals surface area contributed by atoms with Crippen LogP contribution in [0.15, 0.2) is 24.4 Å². The van der Waals surface area contributed by atoms with Crippen molar-refractivity contribution in [2.24, 2.45) is 0 Å². The molecule has 1 aliphatic rings. The van der Waals surface area contributed by atoms with Crippen molar-refractivity contribution >= 4 is 23.7 Å². The molecule has 2 unspecified atom stereocenters. The Balaban J connectivity index is 2.18. The van der Waals surface area contributed by atoms with Crippen LogP contribution >= 0.6 is 11.6 Å². The van der Waals surface area contributed by atoms with Gasteiger partial charge in [0.25, 0.3) is 0 Å². The molecule has 4 nitrogen and oxygen atoms in total. The van der Waals surface area contributed by atoms with Gasteiger partial charge in [-0.15, -0.1) is 11.6 Å². The highest BCUT2D eigenvalue weighted by atomic mass is 35.5. The third-order valence-corrected chi connectivity index (χ3v) is 2.62. The standard InChI is InChI=1S/C10H11ClN2O2/c11-5-8-6-13(10(7-14)15-8)9-3-1-2-4-12-9/h1-4,7-8,10H,5-6H2. The molecule has 2 atom stereocenters. The summed E-state index contributed by atoms with van der Waals surface area (Å²) in [4.78, 5) is 16.8. The molecule has 1 aromatic heterocycles. The van der Waals surface area contributed by atoms with E-state index in [1.165, 1.54) is 0 Å². The maximum Gasteiger partial charge on any atom is 0.188 e. The molecule has 0 amide bonds. The van der Waals surface area contributed by atoms with Gasteiger partial charge in [-0.2, -0.15) is 0 Å². The van der Waals surface area contributed by atoms with Gasteiger partial charge in [-0.05, 0) is 12.1 Å². The van der Waals surface area contributed by atoms with Gasteiger partial charge in [0.15, 0.2) is 12.5 Å². The number of rotatable bonds is 3. The molecular formula is C10H11ClN2O2. The van der Waals surface area contributed by atoms with Gasteiger partial charge in [-0.3, -0.25) is 4.79 Å². The van der Waals surface area contributed by atoms with Crippen LogP contribution in [0.5, 0.6) is 0 Å². The zero-order chi connectivity index (χ0) is 10.7. The number of nitrogens with zero attached hydrogens (tertiary/aromatic N) is 2. The van der Waals surface area contributed by atoms with E-state index in [1.54, 1.807) is 11.1 Å². The fourth-order valence-corrected chi connectivity index (χ4v) is 1.75. The van der Waals surface area contributed by atoms with E-state index in [4.69, 9.17) is 16.3 Å². The summed E-state index contributed by atoms with van der Waals surface area (Å²) in [6, 6.07) is 5.55. The van der Waals surface area contributed by atoms with Crippen LogP contribution in [0.3, 0.4) is 0 Å². The Morgan fingerprint density at radius 1 is 1.67 bits per heavy atom. The first-order valence-electron chi connectivity index (χ1n) is 4.69. The third kappa shape index (κ3) is 2.11. The van der Waals surface area contributed by atoms with Crippen LogP contribution in [0.2, 0.25) is 0 Å². The molecule has 1 aliphatic heterocycles. The Morgan fingerprint density at radius 2 is 2.53 bits per heavy atom. The second-order valence-corrected chi connectivity index (χ2v) is 3.59. The number of carbonyl (C=O) groups is 1. The molecule has 0 spiro atoms. The van der Waals surface area contributed by atoms with Crippen LogP contribution in [0.1, 0.15) is 0 Å². The number of hydrogen-bond donors (Lipinski definition) is 0. The van der Waals surface area contributed by atoms with E-state index >= 15 is 0 Å². The fourth-order valence-electron chi connectivity index (χ4n) is 1.58. The number of aldehydes is 1. The summed E-state index contributed by atoms with van der Waals surface area (Å²) in [5, 5.41) is 0. The van der Waals surface area contributed by atoms with Crippen molar-refractivity contribution in [1.82, 2.24) is 4.98 Å². The molecule has 0 aliphatic carbocycles. The highest BCUT2D eigenvalue weighted by Gasteiger charge is 2.32. The number of aromatic nitrogens is 1. The van der Waals surface area contributed by atoms with Crippen molar-refractivity contribution in [2.75, 3.05) is 17.3 Å². The van der Waals surface area contributed by atoms with Gasteiger partial charge in [0, 0.05) is 12.7 Å². The van der Waals surface area contributed by atoms with Crippen molar-refractivity contribution in [3.8, 4) is 0 Å². The maximum atomic E-state index is 10.8. The summed E-state index contributed by atoms with van der Waals surface area (Å²) in [6.45, 7) is 0.601. The van der Waals surface area contributed by atoms with Crippen LogP contribution < -0.4 is 4.90 Å². The molecule has 2 rings (SSSR count). The highest BCUT2D eigenvalue weighted by molar-refractivity contribution is 6.18. The molecule has 2 heterocycles. The van der Waals surface area contributed by atoms with E-state index in [0.717, 1.165) is 12.1 Å². The lowest BCUT2D eigenvalue weighted by atomic mass is 10.3. The summed E-state index contributed by atoms with van der Waals surface area (Å²) in [5.41, 5.74) is 0. The minimum atomic E-state index is -0.566. The average Bonchev–Trinajstić information content (AvgIpc) is 2.73. The van der Waals surface area contributed by atoms with E-state index in [1.807, 2.05) is 18.2 Å². The van der Waals surface area contributed by atoms with Gasteiger partial charge in [0.05, 0.1) is 12.0 Å². The average molecular weight is 227 g/mol. The largest absolute Gasteiger partial charge is 0.345 e. The maximum absolute atomic E-state index is 10.8. The lowest BCUT2D eigenvalue weighted by Crippen LogP contribution is -2.31. The van der Waals surface area contributed by atoms with E-state index < -0.39 is 6.23 Å². The van der Waals surface area contributed by atoms with Gasteiger partial charge < -0.3 is 9.64 Å². The Morgan fingerprint density at radius 3 is 3.13 bits per heavy atom. The van der Waals surface area contributed by atoms with Crippen LogP contribution in [-0.2, 0) is 9.53 Å². The molecule has 0 radical (unpaired) electrons. The van der Waals surface area contributed by atoms with Crippen molar-refractivity contribution in [2.45, 2.75) is 12.3 Å². The SMILES string of the molecule is O=CC1OC(CCl)CN1c1ccccn1. The lowest BCUT2D eigenvalue weighted by molar-refractivity contribution is -0.116. The summed E-state index contributed by atoms with van der Waals surface area (Å²) in [5.74, 6) is 1.12. The third-order valence-electron chi connectivity index (χ3n) is 2.27. The summed E-state index contributed by atoms with van der Waals surface area (Å²) >= 11 is 5.69. The molecule has 1 saturated heterocycles. The topological polar surface area (TPSA) is 42.4 Å². The summed E-state index contributed by atoms with van der Waals surface area (Å²) in [7, 11) is 0. The van der Waals surface area contributed by atoms with Crippen molar-refractivity contribution in [3.63, 3.8) is 0 Å². The van der Waals surface area contributed by atoms with E-state index in [0.29, 0.717) is 12.4 Å². The number of ether oxygens (including phenoxy) is 1. The molecule has 80 valence electrons. The molecule has 0 saturated carbocycles. The van der Waals surface area contributed by atoms with Crippen LogP contribution in [0, 0.1) is 0 Å². The molecule has 0 bridgehead atoms. The number of anilines is 1. The molecule has 1 fully saturated rings. The molecule has 1 aromatic rings. The summed E-state index contributed by atoms with van der Waals surface area (Å²) < 4.78 is 5.41. The first-order chi connectivity index (χ1) is 7.35. The van der Waals surface area contributed by atoms with Crippen molar-refractivity contribution < 1.29 is 9.53 Å². The predicted octanol–water partition coefficient (Wildman–Crippen LogP) is 1.05. The Bertz CT molecular complexity index is 333. The molecule has 0 aromatic carbocycles. The monoisotopic (exact) mass is 226 g/mol. The Hall–Kier alpha value is -1.13. The zero-order valence-electron chi connectivity index (χ0n) is 8.04. The number of pyridine rings is 1. The quantitative estimate of drug-likeness (QED) is 0.571. The molecular weight excluding hydrogens is 216 g/mol. The van der Waals surface area contributed by atoms with Gasteiger partial charge in [0.2, 0.25) is 0 Å². The van der Waals surface area contributed by atoms with Crippen LogP contribution in [0.25, 0.3) is 0 Å². The first kappa shape index (κ1) is 10.4. The Kier molecular flexibility index (Phi) is 3.18. The minimum absolute atomic E-state index is 0.108. The predicted molar refractivity (Wildman–Crippen MR) is 57.0 cm³/mol. The van der Waals surface area contributed by atoms with E-state index in [-0.39, 0.29) is 6.10 Å². The van der Waals surface area contributed by atoms with E-state index in [2.05, 4.69) is 4.98 Å². The van der Waals surface area contributed by atoms with Gasteiger partial charge in [0.1, 0.15) is 5.82 Å². The van der Waals surface area contributed by atoms with Crippen LogP contribution in [0.4, 0.5) is 5.82 Å². The number of hydrogen-bond acceptors (Lipinski definition) is 4. The van der Waals surface area contributed by atoms with Crippen LogP contribution in [-0.4, -0.2) is 36.0 Å². The van der Waals surface area contributed by atoms with E-state index in [9.17, 15) is 4.79 Å². The number of carbonyl (C=O) groups excluding carboxylic acids is 1. The minimum Gasteiger partial charge on any atom is -0.345 e. The first-order valence-corrected chi connectivity index (χ1v) is 5.23. The van der Waals surface area contributed by atoms with Crippen molar-refractivity contribution in [3.05, 3.63) is 24.4 Å². The Labute approximate surface area is 92.8 Å². The molecule has 0 N–H and O–H groups in total. The lowest BCUT2D eigenvalue weighted by Gasteiger charge is -2.18. The fraction of sp³-hybridized carbons (Fsp3) is 0.400. The molecule has 15 heavy (non-hydrogen) atoms. The van der Waals surface area contributed by atoms with Gasteiger partial charge in [-0.1, -0.05) is 6.07 Å². The number of alkyl halides is 1. The molecule has 5 heteroatoms. The number of halogens is 1. The zero-order valence-corrected chi connectivity index (χ0v) is 8.80. The van der Waals surface area contributed by atoms with Crippen molar-refractivity contribution in [1.29, 1.82) is 0 Å². The van der Waals surface area contributed by atoms with Gasteiger partial charge in [-0.25, -0.2) is 4.98 Å². The second kappa shape index (κ2) is 4.59. The highest BCUT2D eigenvalue weighted by Crippen LogP contribution is 2.21. The van der Waals surface area contributed by atoms with Gasteiger partial charge >= 0.3 is 0 Å². The summed E-state index contributed by atoms with van der Waals surface area (Å²) in [6.07, 6.45) is 1.78. The normalized spacial score (nSPS) is 25.5.